The van der Waals surface area contributed by atoms with Crippen molar-refractivity contribution in [1.82, 2.24) is 10.1 Å². The predicted molar refractivity (Wildman–Crippen MR) is 89.4 cm³/mol. The molecule has 0 saturated carbocycles. The second-order valence-corrected chi connectivity index (χ2v) is 5.48. The minimum atomic E-state index is -0.700. The molecule has 0 unspecified atom stereocenters. The van der Waals surface area contributed by atoms with Crippen LogP contribution in [0.2, 0.25) is 0 Å². The molecule has 25 heavy (non-hydrogen) atoms. The van der Waals surface area contributed by atoms with Gasteiger partial charge in [0.1, 0.15) is 0 Å². The van der Waals surface area contributed by atoms with Gasteiger partial charge in [-0.1, -0.05) is 43.3 Å². The summed E-state index contributed by atoms with van der Waals surface area (Å²) in [6.45, 7) is 5.97. The molecule has 0 aliphatic heterocycles. The predicted octanol–water partition coefficient (Wildman–Crippen LogP) is 3.02. The third kappa shape index (κ3) is 5.56. The summed E-state index contributed by atoms with van der Waals surface area (Å²) < 4.78 is 14.6. The number of rotatable bonds is 7. The molecule has 0 N–H and O–H groups in total. The van der Waals surface area contributed by atoms with Crippen molar-refractivity contribution in [2.24, 2.45) is 0 Å². The minimum absolute atomic E-state index is 0.167. The Balaban J connectivity index is 1.91. The molecule has 2 aromatic rings. The van der Waals surface area contributed by atoms with E-state index >= 15 is 0 Å². The van der Waals surface area contributed by atoms with Crippen molar-refractivity contribution in [2.75, 3.05) is 6.61 Å². The maximum atomic E-state index is 11.5. The molecule has 0 aliphatic rings. The molecule has 0 atom stereocenters. The van der Waals surface area contributed by atoms with Crippen LogP contribution in [0, 0.1) is 0 Å². The molecule has 1 aromatic carbocycles. The van der Waals surface area contributed by atoms with Crippen LogP contribution in [0.15, 0.2) is 40.9 Å². The summed E-state index contributed by atoms with van der Waals surface area (Å²) in [5.41, 5.74) is 2.03. The number of aromatic nitrogens is 2. The van der Waals surface area contributed by atoms with Gasteiger partial charge in [-0.05, 0) is 18.4 Å². The summed E-state index contributed by atoms with van der Waals surface area (Å²) in [4.78, 5) is 26.8. The van der Waals surface area contributed by atoms with Crippen molar-refractivity contribution in [1.29, 1.82) is 0 Å². The fourth-order valence-electron chi connectivity index (χ4n) is 1.96. The van der Waals surface area contributed by atoms with Crippen LogP contribution in [-0.2, 0) is 25.7 Å². The summed E-state index contributed by atoms with van der Waals surface area (Å²) in [6, 6.07) is 7.85. The number of nitrogens with zero attached hydrogens (tertiary/aromatic N) is 2. The molecule has 132 valence electrons. The van der Waals surface area contributed by atoms with Gasteiger partial charge in [-0.15, -0.1) is 0 Å². The van der Waals surface area contributed by atoms with E-state index < -0.39 is 11.9 Å². The van der Waals surface area contributed by atoms with Crippen molar-refractivity contribution < 1.29 is 23.6 Å². The zero-order chi connectivity index (χ0) is 18.2. The van der Waals surface area contributed by atoms with Crippen LogP contribution in [0.5, 0.6) is 0 Å². The molecule has 0 saturated heterocycles. The van der Waals surface area contributed by atoms with E-state index in [-0.39, 0.29) is 19.1 Å². The summed E-state index contributed by atoms with van der Waals surface area (Å²) in [5.74, 6) is -0.278. The molecular formula is C18H20N2O5. The first-order valence-corrected chi connectivity index (χ1v) is 7.94. The van der Waals surface area contributed by atoms with E-state index in [1.807, 2.05) is 24.3 Å². The van der Waals surface area contributed by atoms with E-state index in [4.69, 9.17) is 9.26 Å². The average Bonchev–Trinajstić information content (AvgIpc) is 3.07. The van der Waals surface area contributed by atoms with Crippen LogP contribution in [0.4, 0.5) is 0 Å². The van der Waals surface area contributed by atoms with Crippen molar-refractivity contribution >= 4 is 11.9 Å². The number of carbonyl (C=O) groups is 2. The lowest BCUT2D eigenvalue weighted by Crippen LogP contribution is -2.04. The third-order valence-electron chi connectivity index (χ3n) is 3.28. The quantitative estimate of drug-likeness (QED) is 0.563. The zero-order valence-electron chi connectivity index (χ0n) is 14.4. The second kappa shape index (κ2) is 8.77. The fourth-order valence-corrected chi connectivity index (χ4v) is 1.96. The molecule has 0 spiro atoms. The number of hydrogen-bond donors (Lipinski definition) is 0. The van der Waals surface area contributed by atoms with Gasteiger partial charge in [0.2, 0.25) is 5.82 Å². The van der Waals surface area contributed by atoms with Crippen molar-refractivity contribution in [3.05, 3.63) is 47.9 Å². The Morgan fingerprint density at radius 1 is 1.12 bits per heavy atom. The second-order valence-electron chi connectivity index (χ2n) is 5.48. The van der Waals surface area contributed by atoms with E-state index in [0.29, 0.717) is 11.7 Å². The van der Waals surface area contributed by atoms with Crippen LogP contribution in [0.25, 0.3) is 11.4 Å². The van der Waals surface area contributed by atoms with Gasteiger partial charge in [0.05, 0.1) is 6.61 Å². The van der Waals surface area contributed by atoms with Crippen LogP contribution in [0.1, 0.15) is 38.1 Å². The minimum Gasteiger partial charge on any atom is -0.463 e. The monoisotopic (exact) mass is 344 g/mol. The molecule has 1 aromatic heterocycles. The maximum Gasteiger partial charge on any atom is 0.331 e. The van der Waals surface area contributed by atoms with Gasteiger partial charge in [0.25, 0.3) is 5.89 Å². The number of hydrogen-bond acceptors (Lipinski definition) is 7. The Labute approximate surface area is 145 Å². The van der Waals surface area contributed by atoms with Crippen LogP contribution >= 0.6 is 0 Å². The van der Waals surface area contributed by atoms with E-state index in [9.17, 15) is 9.59 Å². The molecule has 0 radical (unpaired) electrons. The number of benzene rings is 1. The standard InChI is InChI=1S/C18H20N2O5/c1-4-23-16(21)9-10-17(22)24-11-15-19-18(20-25-15)14-7-5-13(6-8-14)12(2)3/h5-10,12H,4,11H2,1-3H3/b10-9+. The van der Waals surface area contributed by atoms with E-state index in [2.05, 4.69) is 28.7 Å². The molecule has 0 fully saturated rings. The maximum absolute atomic E-state index is 11.5. The van der Waals surface area contributed by atoms with Gasteiger partial charge in [0, 0.05) is 17.7 Å². The Morgan fingerprint density at radius 3 is 2.36 bits per heavy atom. The van der Waals surface area contributed by atoms with Gasteiger partial charge in [0.15, 0.2) is 6.61 Å². The smallest absolute Gasteiger partial charge is 0.331 e. The highest BCUT2D eigenvalue weighted by molar-refractivity contribution is 5.91. The number of esters is 2. The van der Waals surface area contributed by atoms with Crippen LogP contribution in [0.3, 0.4) is 0 Å². The Kier molecular flexibility index (Phi) is 6.45. The van der Waals surface area contributed by atoms with Crippen molar-refractivity contribution in [3.8, 4) is 11.4 Å². The lowest BCUT2D eigenvalue weighted by atomic mass is 10.0. The summed E-state index contributed by atoms with van der Waals surface area (Å²) in [7, 11) is 0. The largest absolute Gasteiger partial charge is 0.463 e. The molecule has 7 heteroatoms. The highest BCUT2D eigenvalue weighted by Crippen LogP contribution is 2.20. The molecule has 2 rings (SSSR count). The molecule has 0 amide bonds. The molecule has 7 nitrogen and oxygen atoms in total. The van der Waals surface area contributed by atoms with Gasteiger partial charge in [-0.3, -0.25) is 0 Å². The highest BCUT2D eigenvalue weighted by Gasteiger charge is 2.11. The summed E-state index contributed by atoms with van der Waals surface area (Å²) >= 11 is 0. The first-order valence-electron chi connectivity index (χ1n) is 7.94. The highest BCUT2D eigenvalue weighted by atomic mass is 16.6. The van der Waals surface area contributed by atoms with Crippen molar-refractivity contribution in [3.63, 3.8) is 0 Å². The molecule has 1 heterocycles. The first kappa shape index (κ1) is 18.4. The normalized spacial score (nSPS) is 11.0. The topological polar surface area (TPSA) is 91.5 Å². The van der Waals surface area contributed by atoms with E-state index in [0.717, 1.165) is 17.7 Å². The molecular weight excluding hydrogens is 324 g/mol. The molecule has 0 bridgehead atoms. The van der Waals surface area contributed by atoms with Crippen LogP contribution < -0.4 is 0 Å². The van der Waals surface area contributed by atoms with Gasteiger partial charge in [-0.2, -0.15) is 4.98 Å². The summed E-state index contributed by atoms with van der Waals surface area (Å²) in [5, 5.41) is 3.87. The fraction of sp³-hybridized carbons (Fsp3) is 0.333. The van der Waals surface area contributed by atoms with Crippen LogP contribution in [-0.4, -0.2) is 28.7 Å². The lowest BCUT2D eigenvalue weighted by molar-refractivity contribution is -0.141. The van der Waals surface area contributed by atoms with Gasteiger partial charge >= 0.3 is 11.9 Å². The Bertz CT molecular complexity index is 747. The third-order valence-corrected chi connectivity index (χ3v) is 3.28. The summed E-state index contributed by atoms with van der Waals surface area (Å²) in [6.07, 6.45) is 1.99. The number of ether oxygens (including phenoxy) is 2. The van der Waals surface area contributed by atoms with Crippen molar-refractivity contribution in [2.45, 2.75) is 33.3 Å². The molecule has 0 aliphatic carbocycles. The lowest BCUT2D eigenvalue weighted by Gasteiger charge is -2.04. The zero-order valence-corrected chi connectivity index (χ0v) is 14.4. The first-order chi connectivity index (χ1) is 12.0. The Hall–Kier alpha value is -2.96. The average molecular weight is 344 g/mol. The van der Waals surface area contributed by atoms with Gasteiger partial charge in [-0.25, -0.2) is 9.59 Å². The Morgan fingerprint density at radius 2 is 1.76 bits per heavy atom. The van der Waals surface area contributed by atoms with E-state index in [1.165, 1.54) is 5.56 Å². The number of carbonyl (C=O) groups excluding carboxylic acids is 2. The van der Waals surface area contributed by atoms with E-state index in [1.54, 1.807) is 6.92 Å². The van der Waals surface area contributed by atoms with Gasteiger partial charge < -0.3 is 14.0 Å². The SMILES string of the molecule is CCOC(=O)/C=C/C(=O)OCc1nc(-c2ccc(C(C)C)cc2)no1.